The summed E-state index contributed by atoms with van der Waals surface area (Å²) in [5.74, 6) is 0. The molecule has 1 saturated carbocycles. The number of benzene rings is 1. The highest BCUT2D eigenvalue weighted by atomic mass is 79.9. The number of nitrogens with one attached hydrogen (secondary N) is 1. The van der Waals surface area contributed by atoms with E-state index in [1.54, 1.807) is 20.1 Å². The zero-order valence-corrected chi connectivity index (χ0v) is 13.9. The second-order valence-electron chi connectivity index (χ2n) is 5.07. The minimum absolute atomic E-state index is 0.0575. The maximum atomic E-state index is 12.5. The van der Waals surface area contributed by atoms with Crippen molar-refractivity contribution in [3.05, 3.63) is 22.2 Å². The van der Waals surface area contributed by atoms with Gasteiger partial charge in [-0.25, -0.2) is 13.1 Å². The van der Waals surface area contributed by atoms with Gasteiger partial charge in [0, 0.05) is 23.3 Å². The van der Waals surface area contributed by atoms with Crippen molar-refractivity contribution in [2.45, 2.75) is 43.2 Å². The third-order valence-corrected chi connectivity index (χ3v) is 5.96. The quantitative estimate of drug-likeness (QED) is 0.804. The van der Waals surface area contributed by atoms with Crippen molar-refractivity contribution in [2.24, 2.45) is 0 Å². The molecule has 0 radical (unpaired) electrons. The van der Waals surface area contributed by atoms with E-state index in [0.717, 1.165) is 19.3 Å². The number of nitrogen functional groups attached to an aromatic ring is 1. The van der Waals surface area contributed by atoms with Crippen molar-refractivity contribution in [3.8, 4) is 0 Å². The summed E-state index contributed by atoms with van der Waals surface area (Å²) in [6, 6.07) is 3.03. The molecule has 1 aromatic carbocycles. The van der Waals surface area contributed by atoms with Gasteiger partial charge in [0.2, 0.25) is 10.0 Å². The minimum Gasteiger partial charge on any atom is -0.398 e. The first kappa shape index (κ1) is 15.8. The van der Waals surface area contributed by atoms with Crippen molar-refractivity contribution in [1.82, 2.24) is 4.72 Å². The Morgan fingerprint density at radius 2 is 2.10 bits per heavy atom. The van der Waals surface area contributed by atoms with E-state index in [9.17, 15) is 8.42 Å². The highest BCUT2D eigenvalue weighted by Crippen LogP contribution is 2.28. The highest BCUT2D eigenvalue weighted by molar-refractivity contribution is 9.10. The van der Waals surface area contributed by atoms with Gasteiger partial charge in [0.15, 0.2) is 0 Å². The summed E-state index contributed by atoms with van der Waals surface area (Å²) in [7, 11) is -1.98. The van der Waals surface area contributed by atoms with Crippen LogP contribution in [0.1, 0.15) is 24.8 Å². The smallest absolute Gasteiger partial charge is 0.241 e. The van der Waals surface area contributed by atoms with Gasteiger partial charge >= 0.3 is 0 Å². The fraction of sp³-hybridized carbons (Fsp3) is 0.538. The maximum absolute atomic E-state index is 12.5. The van der Waals surface area contributed by atoms with Crippen LogP contribution in [-0.4, -0.2) is 27.7 Å². The van der Waals surface area contributed by atoms with Gasteiger partial charge < -0.3 is 10.5 Å². The summed E-state index contributed by atoms with van der Waals surface area (Å²) >= 11 is 3.30. The van der Waals surface area contributed by atoms with Crippen LogP contribution in [0.5, 0.6) is 0 Å². The van der Waals surface area contributed by atoms with Crippen LogP contribution in [0.3, 0.4) is 0 Å². The summed E-state index contributed by atoms with van der Waals surface area (Å²) in [5.41, 5.74) is 6.85. The number of hydrogen-bond donors (Lipinski definition) is 2. The first-order valence-electron chi connectivity index (χ1n) is 6.46. The van der Waals surface area contributed by atoms with E-state index in [2.05, 4.69) is 20.7 Å². The van der Waals surface area contributed by atoms with Gasteiger partial charge in [-0.3, -0.25) is 0 Å². The molecule has 0 aliphatic heterocycles. The molecular weight excluding hydrogens is 344 g/mol. The first-order valence-corrected chi connectivity index (χ1v) is 8.73. The molecule has 5 nitrogen and oxygen atoms in total. The number of methoxy groups -OCH3 is 1. The number of aryl methyl sites for hydroxylation is 1. The van der Waals surface area contributed by atoms with Crippen LogP contribution in [0, 0.1) is 6.92 Å². The predicted octanol–water partition coefficient (Wildman–Crippen LogP) is 2.19. The lowest BCUT2D eigenvalue weighted by Crippen LogP contribution is -2.40. The van der Waals surface area contributed by atoms with E-state index >= 15 is 0 Å². The van der Waals surface area contributed by atoms with Crippen LogP contribution in [0.15, 0.2) is 21.5 Å². The molecule has 20 heavy (non-hydrogen) atoms. The topological polar surface area (TPSA) is 81.4 Å². The number of sulfonamides is 1. The molecule has 2 rings (SSSR count). The standard InChI is InChI=1S/C13H19BrN2O3S/c1-8-6-9(14)10(15)7-13(8)20(17,18)16-11-4-3-5-12(11)19-2/h6-7,11-12,16H,3-5,15H2,1-2H3. The fourth-order valence-electron chi connectivity index (χ4n) is 2.56. The fourth-order valence-corrected chi connectivity index (χ4v) is 4.58. The van der Waals surface area contributed by atoms with Crippen LogP contribution in [0.25, 0.3) is 0 Å². The minimum atomic E-state index is -3.59. The third-order valence-electron chi connectivity index (χ3n) is 3.65. The van der Waals surface area contributed by atoms with Crippen LogP contribution in [0.4, 0.5) is 5.69 Å². The Balaban J connectivity index is 2.29. The lowest BCUT2D eigenvalue weighted by Gasteiger charge is -2.20. The molecular formula is C13H19BrN2O3S. The molecule has 3 N–H and O–H groups in total. The lowest BCUT2D eigenvalue weighted by atomic mass is 10.2. The van der Waals surface area contributed by atoms with Crippen LogP contribution in [-0.2, 0) is 14.8 Å². The Morgan fingerprint density at radius 3 is 2.75 bits per heavy atom. The molecule has 1 fully saturated rings. The van der Waals surface area contributed by atoms with E-state index in [1.165, 1.54) is 6.07 Å². The van der Waals surface area contributed by atoms with Gasteiger partial charge in [0.1, 0.15) is 0 Å². The molecule has 0 bridgehead atoms. The second kappa shape index (κ2) is 6.01. The number of halogens is 1. The molecule has 0 heterocycles. The summed E-state index contributed by atoms with van der Waals surface area (Å²) in [4.78, 5) is 0.222. The van der Waals surface area contributed by atoms with Crippen LogP contribution >= 0.6 is 15.9 Å². The number of rotatable bonds is 4. The first-order chi connectivity index (χ1) is 9.35. The Morgan fingerprint density at radius 1 is 1.40 bits per heavy atom. The van der Waals surface area contributed by atoms with Crippen LogP contribution < -0.4 is 10.5 Å². The molecule has 2 atom stereocenters. The Kier molecular flexibility index (Phi) is 4.73. The van der Waals surface area contributed by atoms with Crippen molar-refractivity contribution in [3.63, 3.8) is 0 Å². The zero-order valence-electron chi connectivity index (χ0n) is 11.5. The number of nitrogens with two attached hydrogens (primary N) is 1. The SMILES string of the molecule is COC1CCCC1NS(=O)(=O)c1cc(N)c(Br)cc1C. The van der Waals surface area contributed by atoms with Gasteiger partial charge in [0.05, 0.1) is 11.0 Å². The van der Waals surface area contributed by atoms with E-state index in [4.69, 9.17) is 10.5 Å². The molecule has 112 valence electrons. The van der Waals surface area contributed by atoms with Crippen molar-refractivity contribution in [1.29, 1.82) is 0 Å². The van der Waals surface area contributed by atoms with Gasteiger partial charge in [-0.15, -0.1) is 0 Å². The second-order valence-corrected chi connectivity index (χ2v) is 7.61. The summed E-state index contributed by atoms with van der Waals surface area (Å²) in [6.07, 6.45) is 2.58. The van der Waals surface area contributed by atoms with Crippen molar-refractivity contribution >= 4 is 31.6 Å². The third kappa shape index (κ3) is 3.16. The van der Waals surface area contributed by atoms with Gasteiger partial charge in [0.25, 0.3) is 0 Å². The molecule has 7 heteroatoms. The van der Waals surface area contributed by atoms with Crippen molar-refractivity contribution in [2.75, 3.05) is 12.8 Å². The monoisotopic (exact) mass is 362 g/mol. The summed E-state index contributed by atoms with van der Waals surface area (Å²) in [6.45, 7) is 1.75. The highest BCUT2D eigenvalue weighted by Gasteiger charge is 2.32. The molecule has 0 spiro atoms. The number of hydrogen-bond acceptors (Lipinski definition) is 4. The van der Waals surface area contributed by atoms with E-state index < -0.39 is 10.0 Å². The molecule has 0 amide bonds. The molecule has 1 aliphatic carbocycles. The van der Waals surface area contributed by atoms with E-state index in [0.29, 0.717) is 15.7 Å². The van der Waals surface area contributed by atoms with Gasteiger partial charge in [-0.2, -0.15) is 0 Å². The Labute approximate surface area is 128 Å². The molecule has 0 aromatic heterocycles. The lowest BCUT2D eigenvalue weighted by molar-refractivity contribution is 0.0916. The average Bonchev–Trinajstić information content (AvgIpc) is 2.80. The molecule has 1 aromatic rings. The average molecular weight is 363 g/mol. The molecule has 0 saturated heterocycles. The van der Waals surface area contributed by atoms with Crippen LogP contribution in [0.2, 0.25) is 0 Å². The van der Waals surface area contributed by atoms with E-state index in [-0.39, 0.29) is 17.0 Å². The van der Waals surface area contributed by atoms with Crippen molar-refractivity contribution < 1.29 is 13.2 Å². The number of anilines is 1. The summed E-state index contributed by atoms with van der Waals surface area (Å²) < 4.78 is 33.7. The molecule has 2 unspecified atom stereocenters. The maximum Gasteiger partial charge on any atom is 0.241 e. The van der Waals surface area contributed by atoms with Gasteiger partial charge in [-0.05, 0) is 59.8 Å². The van der Waals surface area contributed by atoms with Gasteiger partial charge in [-0.1, -0.05) is 0 Å². The summed E-state index contributed by atoms with van der Waals surface area (Å²) in [5, 5.41) is 0. The Hall–Kier alpha value is -0.630. The predicted molar refractivity (Wildman–Crippen MR) is 82.0 cm³/mol. The largest absolute Gasteiger partial charge is 0.398 e. The molecule has 1 aliphatic rings. The number of ether oxygens (including phenoxy) is 1. The Bertz CT molecular complexity index is 604. The van der Waals surface area contributed by atoms with E-state index in [1.807, 2.05) is 0 Å². The normalized spacial score (nSPS) is 23.1. The zero-order chi connectivity index (χ0) is 14.9.